The van der Waals surface area contributed by atoms with E-state index in [1.165, 1.54) is 16.4 Å². The quantitative estimate of drug-likeness (QED) is 0.320. The molecular weight excluding hydrogens is 557 g/mol. The highest BCUT2D eigenvalue weighted by atomic mass is 35.5. The molecule has 204 valence electrons. The van der Waals surface area contributed by atoms with E-state index in [9.17, 15) is 9.59 Å². The standard InChI is InChI=1S/C28H29Cl2N5O3S/c1-27(2,3)19-9-10-23(20(29)14-19)35-26(32-33-34-35)39-16-24(36)31-22-11-12-28(4,15-21(22)30)18-7-5-17(6-8-18)13-25(37)38/h5-11,14-15H,12-13,16H2,1-4H3,(H,31,36)(H,37,38). The number of nitrogens with one attached hydrogen (secondary N) is 1. The first kappa shape index (κ1) is 28.9. The number of halogens is 2. The summed E-state index contributed by atoms with van der Waals surface area (Å²) in [5.41, 5.74) is 3.58. The summed E-state index contributed by atoms with van der Waals surface area (Å²) < 4.78 is 1.52. The van der Waals surface area contributed by atoms with Gasteiger partial charge in [-0.25, -0.2) is 0 Å². The molecule has 1 atom stereocenters. The average molecular weight is 587 g/mol. The van der Waals surface area contributed by atoms with Gasteiger partial charge >= 0.3 is 5.97 Å². The number of carboxylic acid groups (broad SMARTS) is 1. The van der Waals surface area contributed by atoms with Crippen LogP contribution in [0.4, 0.5) is 0 Å². The molecule has 0 bridgehead atoms. The molecule has 1 aliphatic rings. The number of thioether (sulfide) groups is 1. The molecule has 1 heterocycles. The third-order valence-corrected chi connectivity index (χ3v) is 8.03. The zero-order valence-corrected chi connectivity index (χ0v) is 24.4. The topological polar surface area (TPSA) is 110 Å². The third kappa shape index (κ3) is 6.90. The van der Waals surface area contributed by atoms with Crippen molar-refractivity contribution in [3.63, 3.8) is 0 Å². The highest BCUT2D eigenvalue weighted by molar-refractivity contribution is 7.99. The number of amides is 1. The summed E-state index contributed by atoms with van der Waals surface area (Å²) >= 11 is 14.3. The monoisotopic (exact) mass is 585 g/mol. The predicted molar refractivity (Wildman–Crippen MR) is 154 cm³/mol. The molecule has 0 aliphatic heterocycles. The number of carbonyl (C=O) groups is 2. The summed E-state index contributed by atoms with van der Waals surface area (Å²) in [6, 6.07) is 13.2. The minimum absolute atomic E-state index is 0.0232. The maximum absolute atomic E-state index is 12.8. The van der Waals surface area contributed by atoms with Crippen LogP contribution < -0.4 is 5.32 Å². The van der Waals surface area contributed by atoms with E-state index < -0.39 is 5.97 Å². The van der Waals surface area contributed by atoms with E-state index in [1.807, 2.05) is 61.5 Å². The molecule has 3 aromatic rings. The highest BCUT2D eigenvalue weighted by Gasteiger charge is 2.28. The van der Waals surface area contributed by atoms with Gasteiger partial charge in [0.05, 0.1) is 33.6 Å². The van der Waals surface area contributed by atoms with Gasteiger partial charge in [-0.2, -0.15) is 4.68 Å². The lowest BCUT2D eigenvalue weighted by Gasteiger charge is -2.30. The Morgan fingerprint density at radius 1 is 1.15 bits per heavy atom. The predicted octanol–water partition coefficient (Wildman–Crippen LogP) is 5.82. The fourth-order valence-corrected chi connectivity index (χ4v) is 5.51. The van der Waals surface area contributed by atoms with E-state index in [4.69, 9.17) is 28.3 Å². The number of rotatable bonds is 8. The molecule has 11 heteroatoms. The van der Waals surface area contributed by atoms with E-state index in [1.54, 1.807) is 0 Å². The Kier molecular flexibility index (Phi) is 8.54. The van der Waals surface area contributed by atoms with E-state index in [-0.39, 0.29) is 28.9 Å². The Morgan fingerprint density at radius 2 is 1.87 bits per heavy atom. The molecule has 4 rings (SSSR count). The minimum Gasteiger partial charge on any atom is -0.481 e. The maximum atomic E-state index is 12.8. The SMILES string of the molecule is CC(C)(C)c1ccc(-n2nnnc2SCC(=O)NC2=CCC(C)(c3ccc(CC(=O)O)cc3)C=C2Cl)c(Cl)c1. The zero-order chi connectivity index (χ0) is 28.4. The van der Waals surface area contributed by atoms with Gasteiger partial charge in [-0.3, -0.25) is 9.59 Å². The molecule has 2 N–H and O–H groups in total. The van der Waals surface area contributed by atoms with Gasteiger partial charge in [-0.05, 0) is 51.1 Å². The highest BCUT2D eigenvalue weighted by Crippen LogP contribution is 2.37. The number of aliphatic carboxylic acids is 1. The molecule has 2 aromatic carbocycles. The minimum atomic E-state index is -0.869. The van der Waals surface area contributed by atoms with Crippen LogP contribution in [0.5, 0.6) is 0 Å². The maximum Gasteiger partial charge on any atom is 0.307 e. The first-order valence-corrected chi connectivity index (χ1v) is 14.0. The van der Waals surface area contributed by atoms with Crippen molar-refractivity contribution in [1.29, 1.82) is 0 Å². The summed E-state index contributed by atoms with van der Waals surface area (Å²) in [6.45, 7) is 8.38. The van der Waals surface area contributed by atoms with Crippen LogP contribution in [0.1, 0.15) is 50.8 Å². The van der Waals surface area contributed by atoms with Gasteiger partial charge < -0.3 is 10.4 Å². The Bertz CT molecular complexity index is 1460. The van der Waals surface area contributed by atoms with Crippen LogP contribution in [0, 0.1) is 0 Å². The Labute approximate surface area is 241 Å². The smallest absolute Gasteiger partial charge is 0.307 e. The first-order valence-electron chi connectivity index (χ1n) is 12.3. The molecule has 0 radical (unpaired) electrons. The Hall–Kier alpha value is -3.14. The molecule has 1 aliphatic carbocycles. The fourth-order valence-electron chi connectivity index (χ4n) is 4.20. The fraction of sp³-hybridized carbons (Fsp3) is 0.321. The van der Waals surface area contributed by atoms with Gasteiger partial charge in [-0.1, -0.05) is 105 Å². The Morgan fingerprint density at radius 3 is 2.49 bits per heavy atom. The van der Waals surface area contributed by atoms with Gasteiger partial charge in [0.25, 0.3) is 0 Å². The van der Waals surface area contributed by atoms with Crippen LogP contribution in [0.2, 0.25) is 5.02 Å². The van der Waals surface area contributed by atoms with Crippen molar-refractivity contribution in [3.05, 3.63) is 87.1 Å². The van der Waals surface area contributed by atoms with Gasteiger partial charge in [0.2, 0.25) is 11.1 Å². The van der Waals surface area contributed by atoms with E-state index in [0.717, 1.165) is 16.7 Å². The second-order valence-electron chi connectivity index (χ2n) is 10.6. The number of carbonyl (C=O) groups excluding carboxylic acids is 1. The largest absolute Gasteiger partial charge is 0.481 e. The van der Waals surface area contributed by atoms with Crippen molar-refractivity contribution in [2.24, 2.45) is 0 Å². The number of benzene rings is 2. The molecule has 1 aromatic heterocycles. The van der Waals surface area contributed by atoms with Crippen molar-refractivity contribution in [2.75, 3.05) is 5.75 Å². The molecule has 0 spiro atoms. The lowest BCUT2D eigenvalue weighted by molar-refractivity contribution is -0.136. The summed E-state index contributed by atoms with van der Waals surface area (Å²) in [4.78, 5) is 23.7. The van der Waals surface area contributed by atoms with Crippen molar-refractivity contribution in [3.8, 4) is 5.69 Å². The molecule has 0 fully saturated rings. The first-order chi connectivity index (χ1) is 18.4. The van der Waals surface area contributed by atoms with E-state index in [2.05, 4.69) is 41.6 Å². The molecule has 39 heavy (non-hydrogen) atoms. The summed E-state index contributed by atoms with van der Waals surface area (Å²) in [5.74, 6) is -1.05. The van der Waals surface area contributed by atoms with Crippen LogP contribution in [0.15, 0.2) is 70.5 Å². The van der Waals surface area contributed by atoms with Gasteiger partial charge in [0.15, 0.2) is 0 Å². The van der Waals surface area contributed by atoms with Crippen LogP contribution in [0.3, 0.4) is 0 Å². The lowest BCUT2D eigenvalue weighted by Crippen LogP contribution is -2.29. The molecule has 0 saturated heterocycles. The van der Waals surface area contributed by atoms with Gasteiger partial charge in [0.1, 0.15) is 0 Å². The zero-order valence-electron chi connectivity index (χ0n) is 22.0. The molecule has 0 saturated carbocycles. The molecule has 8 nitrogen and oxygen atoms in total. The van der Waals surface area contributed by atoms with Crippen LogP contribution in [-0.4, -0.2) is 42.9 Å². The van der Waals surface area contributed by atoms with Crippen LogP contribution >= 0.6 is 35.0 Å². The number of hydrogen-bond acceptors (Lipinski definition) is 6. The van der Waals surface area contributed by atoms with E-state index in [0.29, 0.717) is 33.0 Å². The molecular formula is C28H29Cl2N5O3S. The number of carboxylic acids is 1. The van der Waals surface area contributed by atoms with Crippen LogP contribution in [-0.2, 0) is 26.8 Å². The van der Waals surface area contributed by atoms with Crippen LogP contribution in [0.25, 0.3) is 5.69 Å². The van der Waals surface area contributed by atoms with Gasteiger partial charge in [0, 0.05) is 5.41 Å². The number of hydrogen-bond donors (Lipinski definition) is 2. The normalized spacial score (nSPS) is 17.4. The molecule has 1 amide bonds. The van der Waals surface area contributed by atoms with Crippen molar-refractivity contribution in [2.45, 2.75) is 56.5 Å². The molecule has 1 unspecified atom stereocenters. The number of nitrogens with zero attached hydrogens (tertiary/aromatic N) is 4. The summed E-state index contributed by atoms with van der Waals surface area (Å²) in [7, 11) is 0. The van der Waals surface area contributed by atoms with E-state index >= 15 is 0 Å². The average Bonchev–Trinajstić information content (AvgIpc) is 3.32. The Balaban J connectivity index is 1.38. The number of allylic oxidation sites excluding steroid dienone is 3. The second-order valence-corrected chi connectivity index (χ2v) is 12.4. The third-order valence-electron chi connectivity index (χ3n) is 6.49. The van der Waals surface area contributed by atoms with Crippen molar-refractivity contribution >= 4 is 46.8 Å². The summed E-state index contributed by atoms with van der Waals surface area (Å²) in [6.07, 6.45) is 4.40. The number of aromatic nitrogens is 4. The summed E-state index contributed by atoms with van der Waals surface area (Å²) in [5, 5.41) is 25.1. The number of tetrazole rings is 1. The van der Waals surface area contributed by atoms with Crippen molar-refractivity contribution < 1.29 is 14.7 Å². The van der Waals surface area contributed by atoms with Gasteiger partial charge in [-0.15, -0.1) is 5.10 Å². The lowest BCUT2D eigenvalue weighted by atomic mass is 9.76. The second kappa shape index (κ2) is 11.5. The van der Waals surface area contributed by atoms with Crippen molar-refractivity contribution in [1.82, 2.24) is 25.5 Å².